The molecule has 2 aromatic rings. The largest absolute Gasteiger partial charge is 0.399 e. The molecule has 2 aromatic carbocycles. The molecule has 30 heavy (non-hydrogen) atoms. The molecule has 4 rings (SSSR count). The molecular formula is C23H26N4O3. The number of amides is 3. The molecule has 156 valence electrons. The van der Waals surface area contributed by atoms with Gasteiger partial charge in [0.1, 0.15) is 6.04 Å². The van der Waals surface area contributed by atoms with E-state index < -0.39 is 6.04 Å². The van der Waals surface area contributed by atoms with Crippen molar-refractivity contribution in [2.24, 2.45) is 0 Å². The Hall–Kier alpha value is -3.19. The third kappa shape index (κ3) is 4.21. The minimum Gasteiger partial charge on any atom is -0.399 e. The van der Waals surface area contributed by atoms with Crippen molar-refractivity contribution < 1.29 is 14.4 Å². The highest BCUT2D eigenvalue weighted by Crippen LogP contribution is 2.28. The van der Waals surface area contributed by atoms with Gasteiger partial charge in [-0.1, -0.05) is 30.3 Å². The van der Waals surface area contributed by atoms with E-state index in [4.69, 9.17) is 5.73 Å². The van der Waals surface area contributed by atoms with Crippen LogP contribution in [0.4, 0.5) is 5.69 Å². The van der Waals surface area contributed by atoms with Crippen molar-refractivity contribution in [2.75, 3.05) is 12.3 Å². The van der Waals surface area contributed by atoms with Gasteiger partial charge in [-0.3, -0.25) is 19.7 Å². The lowest BCUT2D eigenvalue weighted by molar-refractivity contribution is -0.136. The molecule has 0 aliphatic carbocycles. The molecule has 0 radical (unpaired) electrons. The van der Waals surface area contributed by atoms with Crippen LogP contribution in [0.25, 0.3) is 0 Å². The maximum absolute atomic E-state index is 12.7. The fraction of sp³-hybridized carbons (Fsp3) is 0.348. The minimum atomic E-state index is -0.574. The number of nitrogens with zero attached hydrogens (tertiary/aromatic N) is 1. The molecule has 7 heteroatoms. The van der Waals surface area contributed by atoms with Gasteiger partial charge in [0.15, 0.2) is 0 Å². The number of piperidine rings is 1. The summed E-state index contributed by atoms with van der Waals surface area (Å²) in [6.07, 6.45) is 2.56. The standard InChI is InChI=1S/C23H26N4O3/c24-19-6-2-1-4-16(19)5-3-11-25-13-15-7-8-18-17(12-15)14-27(23(18)30)20-9-10-21(28)26-22(20)29/h1-2,4,6-8,12,20,25H,3,5,9-11,13-14,24H2,(H,26,28,29). The Morgan fingerprint density at radius 2 is 1.97 bits per heavy atom. The first-order valence-electron chi connectivity index (χ1n) is 10.3. The van der Waals surface area contributed by atoms with E-state index in [0.29, 0.717) is 25.1 Å². The van der Waals surface area contributed by atoms with Crippen LogP contribution in [-0.4, -0.2) is 35.2 Å². The number of rotatable bonds is 7. The van der Waals surface area contributed by atoms with Gasteiger partial charge in [0.2, 0.25) is 11.8 Å². The van der Waals surface area contributed by atoms with Crippen molar-refractivity contribution in [3.05, 3.63) is 64.7 Å². The van der Waals surface area contributed by atoms with E-state index in [2.05, 4.69) is 16.7 Å². The van der Waals surface area contributed by atoms with Gasteiger partial charge in [-0.15, -0.1) is 0 Å². The van der Waals surface area contributed by atoms with Gasteiger partial charge in [-0.2, -0.15) is 0 Å². The normalized spacial score (nSPS) is 18.5. The van der Waals surface area contributed by atoms with E-state index in [1.54, 1.807) is 4.90 Å². The summed E-state index contributed by atoms with van der Waals surface area (Å²) in [6, 6.07) is 13.2. The second-order valence-corrected chi connectivity index (χ2v) is 7.87. The lowest BCUT2D eigenvalue weighted by Crippen LogP contribution is -2.52. The number of hydrogen-bond acceptors (Lipinski definition) is 5. The molecule has 0 spiro atoms. The van der Waals surface area contributed by atoms with E-state index in [1.807, 2.05) is 36.4 Å². The molecule has 2 heterocycles. The first-order valence-corrected chi connectivity index (χ1v) is 10.3. The summed E-state index contributed by atoms with van der Waals surface area (Å²) < 4.78 is 0. The highest BCUT2D eigenvalue weighted by Gasteiger charge is 2.38. The summed E-state index contributed by atoms with van der Waals surface area (Å²) in [5.74, 6) is -0.795. The smallest absolute Gasteiger partial charge is 0.255 e. The Morgan fingerprint density at radius 3 is 2.77 bits per heavy atom. The number of nitrogen functional groups attached to an aromatic ring is 1. The van der Waals surface area contributed by atoms with Gasteiger partial charge in [-0.05, 0) is 54.6 Å². The molecule has 1 unspecified atom stereocenters. The zero-order chi connectivity index (χ0) is 21.1. The van der Waals surface area contributed by atoms with Gasteiger partial charge in [0.25, 0.3) is 5.91 Å². The summed E-state index contributed by atoms with van der Waals surface area (Å²) in [6.45, 7) is 1.98. The second kappa shape index (κ2) is 8.67. The van der Waals surface area contributed by atoms with Gasteiger partial charge in [0, 0.05) is 30.8 Å². The van der Waals surface area contributed by atoms with Crippen molar-refractivity contribution >= 4 is 23.4 Å². The number of fused-ring (bicyclic) bond motifs is 1. The van der Waals surface area contributed by atoms with E-state index in [-0.39, 0.29) is 24.1 Å². The fourth-order valence-electron chi connectivity index (χ4n) is 4.14. The third-order valence-corrected chi connectivity index (χ3v) is 5.77. The zero-order valence-electron chi connectivity index (χ0n) is 16.8. The van der Waals surface area contributed by atoms with Crippen LogP contribution in [0.15, 0.2) is 42.5 Å². The fourth-order valence-corrected chi connectivity index (χ4v) is 4.14. The predicted octanol–water partition coefficient (Wildman–Crippen LogP) is 1.75. The summed E-state index contributed by atoms with van der Waals surface area (Å²) in [5.41, 5.74) is 10.7. The van der Waals surface area contributed by atoms with Crippen LogP contribution >= 0.6 is 0 Å². The molecule has 3 amide bonds. The second-order valence-electron chi connectivity index (χ2n) is 7.87. The van der Waals surface area contributed by atoms with Gasteiger partial charge < -0.3 is 16.0 Å². The predicted molar refractivity (Wildman–Crippen MR) is 113 cm³/mol. The maximum atomic E-state index is 12.7. The Kier molecular flexibility index (Phi) is 5.81. The van der Waals surface area contributed by atoms with Crippen LogP contribution in [0.2, 0.25) is 0 Å². The Morgan fingerprint density at radius 1 is 1.13 bits per heavy atom. The lowest BCUT2D eigenvalue weighted by Gasteiger charge is -2.29. The lowest BCUT2D eigenvalue weighted by atomic mass is 10.0. The highest BCUT2D eigenvalue weighted by molar-refractivity contribution is 6.05. The maximum Gasteiger partial charge on any atom is 0.255 e. The van der Waals surface area contributed by atoms with Crippen molar-refractivity contribution in [2.45, 2.75) is 44.8 Å². The topological polar surface area (TPSA) is 105 Å². The number of imide groups is 1. The van der Waals surface area contributed by atoms with Gasteiger partial charge in [0.05, 0.1) is 0 Å². The molecule has 0 saturated carbocycles. The molecule has 1 saturated heterocycles. The van der Waals surface area contributed by atoms with Crippen molar-refractivity contribution in [3.8, 4) is 0 Å². The van der Waals surface area contributed by atoms with E-state index in [0.717, 1.165) is 36.2 Å². The van der Waals surface area contributed by atoms with Gasteiger partial charge >= 0.3 is 0 Å². The monoisotopic (exact) mass is 406 g/mol. The third-order valence-electron chi connectivity index (χ3n) is 5.77. The number of benzene rings is 2. The molecule has 7 nitrogen and oxygen atoms in total. The van der Waals surface area contributed by atoms with Crippen LogP contribution < -0.4 is 16.4 Å². The quantitative estimate of drug-likeness (QED) is 0.369. The van der Waals surface area contributed by atoms with E-state index in [1.165, 1.54) is 5.56 Å². The first kappa shape index (κ1) is 20.1. The van der Waals surface area contributed by atoms with Gasteiger partial charge in [-0.25, -0.2) is 0 Å². The molecule has 4 N–H and O–H groups in total. The number of carbonyl (C=O) groups is 3. The van der Waals surface area contributed by atoms with E-state index in [9.17, 15) is 14.4 Å². The van der Waals surface area contributed by atoms with Crippen LogP contribution in [0, 0.1) is 0 Å². The molecule has 2 aliphatic rings. The van der Waals surface area contributed by atoms with Crippen molar-refractivity contribution in [3.63, 3.8) is 0 Å². The number of anilines is 1. The number of carbonyl (C=O) groups excluding carboxylic acids is 3. The number of nitrogens with one attached hydrogen (secondary N) is 2. The molecule has 2 aliphatic heterocycles. The summed E-state index contributed by atoms with van der Waals surface area (Å²) in [7, 11) is 0. The summed E-state index contributed by atoms with van der Waals surface area (Å²) in [4.78, 5) is 37.8. The van der Waals surface area contributed by atoms with E-state index >= 15 is 0 Å². The first-order chi connectivity index (χ1) is 14.5. The van der Waals surface area contributed by atoms with Crippen LogP contribution in [-0.2, 0) is 29.1 Å². The number of aryl methyl sites for hydroxylation is 1. The Balaban J connectivity index is 1.30. The number of hydrogen-bond donors (Lipinski definition) is 3. The molecule has 1 atom stereocenters. The molecule has 1 fully saturated rings. The molecule has 0 bridgehead atoms. The average Bonchev–Trinajstić information content (AvgIpc) is 3.05. The molecular weight excluding hydrogens is 380 g/mol. The summed E-state index contributed by atoms with van der Waals surface area (Å²) >= 11 is 0. The number of nitrogens with two attached hydrogens (primary N) is 1. The Bertz CT molecular complexity index is 988. The minimum absolute atomic E-state index is 0.139. The van der Waals surface area contributed by atoms with Crippen LogP contribution in [0.5, 0.6) is 0 Å². The van der Waals surface area contributed by atoms with Crippen molar-refractivity contribution in [1.82, 2.24) is 15.5 Å². The zero-order valence-corrected chi connectivity index (χ0v) is 16.8. The average molecular weight is 406 g/mol. The highest BCUT2D eigenvalue weighted by atomic mass is 16.2. The number of para-hydroxylation sites is 1. The van der Waals surface area contributed by atoms with Crippen LogP contribution in [0.1, 0.15) is 46.3 Å². The Labute approximate surface area is 175 Å². The SMILES string of the molecule is Nc1ccccc1CCCNCc1ccc2c(c1)CN(C1CCC(=O)NC1=O)C2=O. The summed E-state index contributed by atoms with van der Waals surface area (Å²) in [5, 5.41) is 5.77. The van der Waals surface area contributed by atoms with Crippen molar-refractivity contribution in [1.29, 1.82) is 0 Å². The molecule has 0 aromatic heterocycles. The van der Waals surface area contributed by atoms with Crippen LogP contribution in [0.3, 0.4) is 0 Å².